The summed E-state index contributed by atoms with van der Waals surface area (Å²) < 4.78 is 10.6. The van der Waals surface area contributed by atoms with E-state index in [0.29, 0.717) is 37.4 Å². The molecule has 0 N–H and O–H groups in total. The Labute approximate surface area is 218 Å². The fourth-order valence-corrected chi connectivity index (χ4v) is 5.05. The molecule has 0 saturated heterocycles. The van der Waals surface area contributed by atoms with Crippen molar-refractivity contribution in [1.82, 2.24) is 0 Å². The molecule has 0 rings (SSSR count). The molecule has 0 amide bonds. The fraction of sp³-hybridized carbons (Fsp3) is 0.935. The Kier molecular flexibility index (Phi) is 22.6. The molecule has 0 spiro atoms. The molecule has 0 aromatic heterocycles. The van der Waals surface area contributed by atoms with E-state index < -0.39 is 0 Å². The average Bonchev–Trinajstić information content (AvgIpc) is 2.82. The Morgan fingerprint density at radius 3 is 1.43 bits per heavy atom. The van der Waals surface area contributed by atoms with Crippen molar-refractivity contribution in [3.63, 3.8) is 0 Å². The summed E-state index contributed by atoms with van der Waals surface area (Å²) in [6.07, 6.45) is 20.1. The highest BCUT2D eigenvalue weighted by Crippen LogP contribution is 2.33. The molecule has 4 heteroatoms. The predicted molar refractivity (Wildman–Crippen MR) is 148 cm³/mol. The first-order chi connectivity index (χ1) is 16.8. The number of carbonyl (C=O) groups is 2. The van der Waals surface area contributed by atoms with Crippen molar-refractivity contribution in [2.75, 3.05) is 13.2 Å². The zero-order valence-corrected chi connectivity index (χ0v) is 24.4. The van der Waals surface area contributed by atoms with Crippen molar-refractivity contribution >= 4 is 11.9 Å². The number of hydrogen-bond acceptors (Lipinski definition) is 4. The molecule has 2 atom stereocenters. The summed E-state index contributed by atoms with van der Waals surface area (Å²) in [6.45, 7) is 14.0. The van der Waals surface area contributed by atoms with E-state index in [9.17, 15) is 9.59 Å². The van der Waals surface area contributed by atoms with Crippen LogP contribution < -0.4 is 0 Å². The quantitative estimate of drug-likeness (QED) is 0.0986. The van der Waals surface area contributed by atoms with Crippen LogP contribution in [0.4, 0.5) is 0 Å². The average molecular weight is 497 g/mol. The summed E-state index contributed by atoms with van der Waals surface area (Å²) in [5.41, 5.74) is 0. The van der Waals surface area contributed by atoms with Gasteiger partial charge in [0.2, 0.25) is 0 Å². The van der Waals surface area contributed by atoms with Crippen LogP contribution in [0.5, 0.6) is 0 Å². The topological polar surface area (TPSA) is 52.6 Å². The molecule has 0 aliphatic heterocycles. The third kappa shape index (κ3) is 18.8. The van der Waals surface area contributed by atoms with Gasteiger partial charge in [0.05, 0.1) is 19.1 Å². The molecule has 35 heavy (non-hydrogen) atoms. The molecule has 0 saturated carbocycles. The Morgan fingerprint density at radius 2 is 1.00 bits per heavy atom. The van der Waals surface area contributed by atoms with Crippen molar-refractivity contribution in [3.05, 3.63) is 0 Å². The van der Waals surface area contributed by atoms with E-state index in [0.717, 1.165) is 32.1 Å². The second-order valence-corrected chi connectivity index (χ2v) is 11.2. The van der Waals surface area contributed by atoms with Crippen LogP contribution in [0.1, 0.15) is 151 Å². The van der Waals surface area contributed by atoms with Gasteiger partial charge in [0.1, 0.15) is 0 Å². The first-order valence-electron chi connectivity index (χ1n) is 15.2. The normalized spacial score (nSPS) is 13.3. The van der Waals surface area contributed by atoms with Gasteiger partial charge in [-0.2, -0.15) is 0 Å². The van der Waals surface area contributed by atoms with Gasteiger partial charge in [-0.15, -0.1) is 0 Å². The van der Waals surface area contributed by atoms with Gasteiger partial charge >= 0.3 is 11.9 Å². The number of carbonyl (C=O) groups excluding carboxylic acids is 2. The van der Waals surface area contributed by atoms with E-state index in [-0.39, 0.29) is 17.9 Å². The number of rotatable bonds is 24. The molecule has 0 aromatic rings. The van der Waals surface area contributed by atoms with Gasteiger partial charge in [-0.1, -0.05) is 119 Å². The van der Waals surface area contributed by atoms with Crippen LogP contribution >= 0.6 is 0 Å². The lowest BCUT2D eigenvalue weighted by Gasteiger charge is -2.31. The third-order valence-corrected chi connectivity index (χ3v) is 7.14. The highest BCUT2D eigenvalue weighted by molar-refractivity contribution is 5.73. The van der Waals surface area contributed by atoms with Gasteiger partial charge in [-0.25, -0.2) is 0 Å². The largest absolute Gasteiger partial charge is 0.466 e. The van der Waals surface area contributed by atoms with E-state index in [2.05, 4.69) is 34.6 Å². The fourth-order valence-electron chi connectivity index (χ4n) is 5.05. The Bertz CT molecular complexity index is 500. The van der Waals surface area contributed by atoms with Crippen LogP contribution in [0.25, 0.3) is 0 Å². The second kappa shape index (κ2) is 23.3. The molecule has 0 aromatic carbocycles. The Balaban J connectivity index is 3.75. The number of unbranched alkanes of at least 4 members (excludes halogenated alkanes) is 12. The van der Waals surface area contributed by atoms with Gasteiger partial charge in [-0.05, 0) is 43.4 Å². The van der Waals surface area contributed by atoms with E-state index in [1.807, 2.05) is 6.92 Å². The molecule has 0 aliphatic carbocycles. The van der Waals surface area contributed by atoms with Gasteiger partial charge in [0.25, 0.3) is 0 Å². The molecule has 0 fully saturated rings. The van der Waals surface area contributed by atoms with E-state index in [4.69, 9.17) is 9.47 Å². The van der Waals surface area contributed by atoms with Crippen LogP contribution in [0.15, 0.2) is 0 Å². The molecule has 0 radical (unpaired) electrons. The van der Waals surface area contributed by atoms with E-state index in [1.165, 1.54) is 70.6 Å². The number of esters is 2. The maximum atomic E-state index is 12.7. The highest BCUT2D eigenvalue weighted by Gasteiger charge is 2.33. The molecule has 2 unspecified atom stereocenters. The van der Waals surface area contributed by atoms with Crippen molar-refractivity contribution in [1.29, 1.82) is 0 Å². The third-order valence-electron chi connectivity index (χ3n) is 7.14. The zero-order valence-electron chi connectivity index (χ0n) is 24.4. The maximum absolute atomic E-state index is 12.7. The molecular formula is C31H60O4. The summed E-state index contributed by atoms with van der Waals surface area (Å²) in [7, 11) is 0. The van der Waals surface area contributed by atoms with Crippen LogP contribution in [-0.2, 0) is 19.1 Å². The van der Waals surface area contributed by atoms with Crippen molar-refractivity contribution in [2.24, 2.45) is 23.7 Å². The van der Waals surface area contributed by atoms with Crippen molar-refractivity contribution < 1.29 is 19.1 Å². The molecule has 208 valence electrons. The van der Waals surface area contributed by atoms with Crippen LogP contribution in [0.2, 0.25) is 0 Å². The summed E-state index contributed by atoms with van der Waals surface area (Å²) >= 11 is 0. The first-order valence-corrected chi connectivity index (χ1v) is 15.2. The smallest absolute Gasteiger partial charge is 0.309 e. The zero-order chi connectivity index (χ0) is 26.3. The molecule has 0 heterocycles. The van der Waals surface area contributed by atoms with Crippen molar-refractivity contribution in [3.8, 4) is 0 Å². The van der Waals surface area contributed by atoms with E-state index >= 15 is 0 Å². The van der Waals surface area contributed by atoms with Crippen LogP contribution in [-0.4, -0.2) is 25.2 Å². The SMILES string of the molecule is CCCOC(=O)CCCCCCCCCCCCCCCC(C(C)C)C(C(=O)OCCC)C(C)C. The Morgan fingerprint density at radius 1 is 0.571 bits per heavy atom. The minimum atomic E-state index is -0.0292. The molecule has 4 nitrogen and oxygen atoms in total. The van der Waals surface area contributed by atoms with E-state index in [1.54, 1.807) is 0 Å². The van der Waals surface area contributed by atoms with Crippen LogP contribution in [0, 0.1) is 23.7 Å². The summed E-state index contributed by atoms with van der Waals surface area (Å²) in [6, 6.07) is 0. The lowest BCUT2D eigenvalue weighted by atomic mass is 9.74. The lowest BCUT2D eigenvalue weighted by molar-refractivity contribution is -0.153. The van der Waals surface area contributed by atoms with Gasteiger partial charge in [0, 0.05) is 6.42 Å². The first kappa shape index (κ1) is 33.9. The standard InChI is InChI=1S/C31H60O4/c1-7-24-34-29(32)23-21-19-17-15-13-11-9-10-12-14-16-18-20-22-28(26(3)4)30(27(5)6)31(33)35-25-8-2/h26-28,30H,7-25H2,1-6H3. The van der Waals surface area contributed by atoms with Gasteiger partial charge in [-0.3, -0.25) is 9.59 Å². The maximum Gasteiger partial charge on any atom is 0.309 e. The number of ether oxygens (including phenoxy) is 2. The predicted octanol–water partition coefficient (Wildman–Crippen LogP) is 9.29. The van der Waals surface area contributed by atoms with Crippen molar-refractivity contribution in [2.45, 2.75) is 151 Å². The minimum Gasteiger partial charge on any atom is -0.466 e. The summed E-state index contributed by atoms with van der Waals surface area (Å²) in [4.78, 5) is 24.1. The highest BCUT2D eigenvalue weighted by atomic mass is 16.5. The van der Waals surface area contributed by atoms with Gasteiger partial charge < -0.3 is 9.47 Å². The Hall–Kier alpha value is -1.06. The van der Waals surface area contributed by atoms with Crippen LogP contribution in [0.3, 0.4) is 0 Å². The van der Waals surface area contributed by atoms with Gasteiger partial charge in [0.15, 0.2) is 0 Å². The minimum absolute atomic E-state index is 0.0210. The molecule has 0 aliphatic rings. The molecular weight excluding hydrogens is 436 g/mol. The summed E-state index contributed by atoms with van der Waals surface area (Å²) in [5, 5.41) is 0. The number of hydrogen-bond donors (Lipinski definition) is 0. The molecule has 0 bridgehead atoms. The monoisotopic (exact) mass is 496 g/mol. The second-order valence-electron chi connectivity index (χ2n) is 11.2. The summed E-state index contributed by atoms with van der Waals surface area (Å²) in [5.74, 6) is 1.30. The lowest BCUT2D eigenvalue weighted by Crippen LogP contribution is -2.33.